The summed E-state index contributed by atoms with van der Waals surface area (Å²) in [5, 5.41) is 12.7. The van der Waals surface area contributed by atoms with Gasteiger partial charge in [-0.25, -0.2) is 15.0 Å². The molecule has 0 amide bonds. The minimum absolute atomic E-state index is 0.678. The molecule has 126 valence electrons. The van der Waals surface area contributed by atoms with E-state index in [2.05, 4.69) is 37.5 Å². The number of nitrogens with zero attached hydrogens (tertiary/aromatic N) is 4. The lowest BCUT2D eigenvalue weighted by Crippen LogP contribution is -1.87. The third-order valence-corrected chi connectivity index (χ3v) is 5.68. The lowest BCUT2D eigenvalue weighted by atomic mass is 10.1. The summed E-state index contributed by atoms with van der Waals surface area (Å²) in [6.45, 7) is 2.12. The summed E-state index contributed by atoms with van der Waals surface area (Å²) in [5.74, 6) is 0.901. The van der Waals surface area contributed by atoms with Crippen LogP contribution < -0.4 is 0 Å². The van der Waals surface area contributed by atoms with E-state index in [0.717, 1.165) is 50.1 Å². The first-order chi connectivity index (χ1) is 12.2. The minimum atomic E-state index is 0.678. The summed E-state index contributed by atoms with van der Waals surface area (Å²) in [5.41, 5.74) is 2.19. The van der Waals surface area contributed by atoms with E-state index in [1.54, 1.807) is 17.7 Å². The maximum absolute atomic E-state index is 6.01. The molecule has 8 heteroatoms. The largest absolute Gasteiger partial charge is 0.262 e. The number of aromatic nitrogens is 5. The topological polar surface area (TPSA) is 67.3 Å². The summed E-state index contributed by atoms with van der Waals surface area (Å²) in [6.07, 6.45) is 3.51. The van der Waals surface area contributed by atoms with Crippen LogP contribution in [0.2, 0.25) is 5.02 Å². The molecule has 5 nitrogen and oxygen atoms in total. The average Bonchev–Trinajstić information content (AvgIpc) is 3.24. The van der Waals surface area contributed by atoms with Gasteiger partial charge >= 0.3 is 0 Å². The van der Waals surface area contributed by atoms with E-state index in [9.17, 15) is 0 Å². The Labute approximate surface area is 157 Å². The predicted octanol–water partition coefficient (Wildman–Crippen LogP) is 5.23. The molecule has 0 spiro atoms. The van der Waals surface area contributed by atoms with Gasteiger partial charge in [0.2, 0.25) is 5.16 Å². The molecule has 0 atom stereocenters. The van der Waals surface area contributed by atoms with E-state index in [-0.39, 0.29) is 0 Å². The van der Waals surface area contributed by atoms with Crippen molar-refractivity contribution in [2.24, 2.45) is 0 Å². The second-order valence-electron chi connectivity index (χ2n) is 5.43. The van der Waals surface area contributed by atoms with Crippen molar-refractivity contribution in [1.29, 1.82) is 0 Å². The molecule has 1 N–H and O–H groups in total. The summed E-state index contributed by atoms with van der Waals surface area (Å²) in [7, 11) is 0. The zero-order valence-electron chi connectivity index (χ0n) is 13.4. The van der Waals surface area contributed by atoms with Gasteiger partial charge in [0.1, 0.15) is 22.0 Å². The molecular weight excluding hydrogens is 374 g/mol. The van der Waals surface area contributed by atoms with Crippen LogP contribution in [0.1, 0.15) is 19.2 Å². The normalized spacial score (nSPS) is 11.3. The predicted molar refractivity (Wildman–Crippen MR) is 102 cm³/mol. The maximum atomic E-state index is 6.01. The number of fused-ring (bicyclic) bond motifs is 1. The van der Waals surface area contributed by atoms with Gasteiger partial charge in [-0.05, 0) is 35.9 Å². The number of thiophene rings is 1. The molecule has 3 aromatic heterocycles. The van der Waals surface area contributed by atoms with Crippen LogP contribution >= 0.6 is 34.7 Å². The monoisotopic (exact) mass is 387 g/mol. The van der Waals surface area contributed by atoms with E-state index in [0.29, 0.717) is 5.16 Å². The van der Waals surface area contributed by atoms with Gasteiger partial charge in [0, 0.05) is 22.4 Å². The molecule has 0 saturated heterocycles. The number of benzene rings is 1. The molecule has 0 radical (unpaired) electrons. The van der Waals surface area contributed by atoms with Crippen LogP contribution in [0.5, 0.6) is 0 Å². The van der Waals surface area contributed by atoms with E-state index in [4.69, 9.17) is 11.6 Å². The minimum Gasteiger partial charge on any atom is -0.262 e. The fourth-order valence-corrected chi connectivity index (χ4v) is 4.46. The zero-order valence-corrected chi connectivity index (χ0v) is 15.8. The number of aromatic amines is 1. The molecule has 3 heterocycles. The molecule has 0 aliphatic rings. The third kappa shape index (κ3) is 3.40. The number of H-pyrrole nitrogens is 1. The van der Waals surface area contributed by atoms with Crippen molar-refractivity contribution in [1.82, 2.24) is 25.1 Å². The number of nitrogens with one attached hydrogen (secondary N) is 1. The first kappa shape index (κ1) is 16.5. The van der Waals surface area contributed by atoms with Crippen LogP contribution in [0.15, 0.2) is 46.2 Å². The highest BCUT2D eigenvalue weighted by molar-refractivity contribution is 7.99. The van der Waals surface area contributed by atoms with Crippen molar-refractivity contribution in [3.05, 3.63) is 46.8 Å². The Morgan fingerprint density at radius 1 is 1.20 bits per heavy atom. The Hall–Kier alpha value is -1.96. The van der Waals surface area contributed by atoms with E-state index in [1.807, 2.05) is 24.3 Å². The second kappa shape index (κ2) is 7.11. The molecule has 0 aliphatic heterocycles. The van der Waals surface area contributed by atoms with Crippen LogP contribution in [-0.4, -0.2) is 25.1 Å². The lowest BCUT2D eigenvalue weighted by Gasteiger charge is -2.03. The first-order valence-electron chi connectivity index (χ1n) is 7.82. The van der Waals surface area contributed by atoms with Crippen molar-refractivity contribution in [2.75, 3.05) is 0 Å². The summed E-state index contributed by atoms with van der Waals surface area (Å²) in [4.78, 5) is 14.3. The van der Waals surface area contributed by atoms with Crippen molar-refractivity contribution in [3.63, 3.8) is 0 Å². The van der Waals surface area contributed by atoms with Crippen LogP contribution in [-0.2, 0) is 6.42 Å². The SMILES string of the molecule is CCCc1nc(Sc2ncnc3scc(-c4ccc(Cl)cc4)c23)n[nH]1. The number of hydrogen-bond acceptors (Lipinski definition) is 6. The Morgan fingerprint density at radius 2 is 2.04 bits per heavy atom. The smallest absolute Gasteiger partial charge is 0.214 e. The number of aryl methyl sites for hydroxylation is 1. The van der Waals surface area contributed by atoms with Crippen molar-refractivity contribution in [2.45, 2.75) is 29.9 Å². The fourth-order valence-electron chi connectivity index (χ4n) is 2.53. The first-order valence-corrected chi connectivity index (χ1v) is 9.89. The summed E-state index contributed by atoms with van der Waals surface area (Å²) >= 11 is 9.07. The van der Waals surface area contributed by atoms with Gasteiger partial charge in [-0.1, -0.05) is 30.7 Å². The van der Waals surface area contributed by atoms with Gasteiger partial charge in [0.25, 0.3) is 0 Å². The van der Waals surface area contributed by atoms with Gasteiger partial charge < -0.3 is 0 Å². The third-order valence-electron chi connectivity index (χ3n) is 3.68. The molecular formula is C17H14ClN5S2. The number of hydrogen-bond donors (Lipinski definition) is 1. The second-order valence-corrected chi connectivity index (χ2v) is 7.68. The zero-order chi connectivity index (χ0) is 17.2. The van der Waals surface area contributed by atoms with Gasteiger partial charge in [-0.2, -0.15) is 0 Å². The Morgan fingerprint density at radius 3 is 2.84 bits per heavy atom. The summed E-state index contributed by atoms with van der Waals surface area (Å²) < 4.78 is 0. The van der Waals surface area contributed by atoms with Gasteiger partial charge in [-0.15, -0.1) is 16.4 Å². The Bertz CT molecular complexity index is 1010. The van der Waals surface area contributed by atoms with Gasteiger partial charge in [0.05, 0.1) is 5.39 Å². The lowest BCUT2D eigenvalue weighted by molar-refractivity contribution is 0.840. The highest BCUT2D eigenvalue weighted by Crippen LogP contribution is 2.39. The van der Waals surface area contributed by atoms with Crippen molar-refractivity contribution >= 4 is 44.9 Å². The molecule has 0 aliphatic carbocycles. The molecule has 4 aromatic rings. The van der Waals surface area contributed by atoms with Crippen LogP contribution in [0.3, 0.4) is 0 Å². The molecule has 0 unspecified atom stereocenters. The molecule has 1 aromatic carbocycles. The Kier molecular flexibility index (Phi) is 4.70. The number of rotatable bonds is 5. The highest BCUT2D eigenvalue weighted by Gasteiger charge is 2.16. The number of halogens is 1. The molecule has 0 bridgehead atoms. The Balaban J connectivity index is 1.75. The van der Waals surface area contributed by atoms with Crippen LogP contribution in [0.4, 0.5) is 0 Å². The highest BCUT2D eigenvalue weighted by atomic mass is 35.5. The van der Waals surface area contributed by atoms with E-state index in [1.165, 1.54) is 11.8 Å². The molecule has 4 rings (SSSR count). The van der Waals surface area contributed by atoms with E-state index < -0.39 is 0 Å². The summed E-state index contributed by atoms with van der Waals surface area (Å²) in [6, 6.07) is 7.81. The molecule has 0 saturated carbocycles. The average molecular weight is 388 g/mol. The van der Waals surface area contributed by atoms with E-state index >= 15 is 0 Å². The molecule has 0 fully saturated rings. The fraction of sp³-hybridized carbons (Fsp3) is 0.176. The van der Waals surface area contributed by atoms with Gasteiger partial charge in [-0.3, -0.25) is 5.10 Å². The van der Waals surface area contributed by atoms with Crippen LogP contribution in [0, 0.1) is 0 Å². The van der Waals surface area contributed by atoms with Crippen LogP contribution in [0.25, 0.3) is 21.3 Å². The van der Waals surface area contributed by atoms with Crippen molar-refractivity contribution < 1.29 is 0 Å². The van der Waals surface area contributed by atoms with Crippen molar-refractivity contribution in [3.8, 4) is 11.1 Å². The molecule has 25 heavy (non-hydrogen) atoms. The maximum Gasteiger partial charge on any atom is 0.214 e. The van der Waals surface area contributed by atoms with Gasteiger partial charge in [0.15, 0.2) is 0 Å². The standard InChI is InChI=1S/C17H14ClN5S2/c1-2-3-13-21-17(23-22-13)25-16-14-12(8-24-15(14)19-9-20-16)10-4-6-11(18)7-5-10/h4-9H,2-3H2,1H3,(H,21,22,23). The quantitative estimate of drug-likeness (QED) is 0.474.